The highest BCUT2D eigenvalue weighted by Gasteiger charge is 2.28. The number of hydrogen-bond donors (Lipinski definition) is 2. The second-order valence-electron chi connectivity index (χ2n) is 8.63. The molecule has 1 aromatic rings. The molecule has 10 heteroatoms. The maximum absolute atomic E-state index is 13.0. The van der Waals surface area contributed by atoms with Crippen molar-refractivity contribution in [3.8, 4) is 5.69 Å². The van der Waals surface area contributed by atoms with E-state index in [1.807, 2.05) is 20.8 Å². The zero-order valence-electron chi connectivity index (χ0n) is 19.0. The van der Waals surface area contributed by atoms with Crippen LogP contribution in [-0.2, 0) is 10.0 Å². The molecule has 2 N–H and O–H groups in total. The largest absolute Gasteiger partial charge is 0.393 e. The summed E-state index contributed by atoms with van der Waals surface area (Å²) < 4.78 is 31.1. The van der Waals surface area contributed by atoms with E-state index in [1.54, 1.807) is 47.4 Å². The molecule has 1 saturated carbocycles. The molecule has 0 aromatic heterocycles. The predicted octanol–water partition coefficient (Wildman–Crippen LogP) is 4.63. The van der Waals surface area contributed by atoms with E-state index in [2.05, 4.69) is 9.71 Å². The Morgan fingerprint density at radius 1 is 1.09 bits per heavy atom. The van der Waals surface area contributed by atoms with Crippen molar-refractivity contribution in [1.82, 2.24) is 9.55 Å². The minimum absolute atomic E-state index is 0.0729. The molecular formula is C23H29N3O4S3. The van der Waals surface area contributed by atoms with Gasteiger partial charge in [0.2, 0.25) is 0 Å². The molecule has 0 amide bonds. The summed E-state index contributed by atoms with van der Waals surface area (Å²) in [5, 5.41) is 10.3. The van der Waals surface area contributed by atoms with Crippen LogP contribution in [0.1, 0.15) is 54.7 Å². The number of nitrogens with zero attached hydrogens (tertiary/aromatic N) is 2. The number of aliphatic hydroxyl groups is 1. The van der Waals surface area contributed by atoms with Gasteiger partial charge < -0.3 is 5.11 Å². The predicted molar refractivity (Wildman–Crippen MR) is 134 cm³/mol. The number of aliphatic hydroxyl groups excluding tert-OH is 1. The first kappa shape index (κ1) is 24.3. The van der Waals surface area contributed by atoms with Crippen molar-refractivity contribution >= 4 is 38.9 Å². The normalized spacial score (nSPS) is 19.9. The molecule has 1 aromatic carbocycles. The summed E-state index contributed by atoms with van der Waals surface area (Å²) in [5.41, 5.74) is 1.76. The molecule has 0 unspecified atom stereocenters. The summed E-state index contributed by atoms with van der Waals surface area (Å²) in [6.45, 7) is 5.71. The van der Waals surface area contributed by atoms with E-state index in [4.69, 9.17) is 0 Å². The average Bonchev–Trinajstić information content (AvgIpc) is 3.05. The van der Waals surface area contributed by atoms with Gasteiger partial charge in [-0.15, -0.1) is 23.1 Å². The molecule has 1 aliphatic carbocycles. The third-order valence-electron chi connectivity index (χ3n) is 6.09. The van der Waals surface area contributed by atoms with E-state index in [0.29, 0.717) is 10.9 Å². The maximum Gasteiger partial charge on any atom is 0.354 e. The van der Waals surface area contributed by atoms with Crippen molar-refractivity contribution in [3.63, 3.8) is 0 Å². The number of hydrogen-bond acceptors (Lipinski definition) is 7. The van der Waals surface area contributed by atoms with E-state index in [0.717, 1.165) is 58.9 Å². The number of aryl methyl sites for hydroxylation is 2. The molecule has 3 aliphatic rings. The SMILES string of the molecule is Cc1ccc(S(=O)(=O)Nc2nc(=O)n3c(C)c(C)sc(SC4CCCC(O)CCC4)c2-3)cc1. The van der Waals surface area contributed by atoms with Gasteiger partial charge in [0.05, 0.1) is 15.2 Å². The standard InChI is InChI=1S/C23H29N3O4S3/c1-14-10-12-19(13-11-14)33(29,30)25-21-20-22(31-16(3)15(2)26(20)23(28)24-21)32-18-8-4-6-17(27)7-5-9-18/h10-13,17-18,27H,4-9H2,1-3H3,(H,24,25,28). The van der Waals surface area contributed by atoms with Crippen molar-refractivity contribution in [2.75, 3.05) is 4.72 Å². The van der Waals surface area contributed by atoms with Gasteiger partial charge in [0, 0.05) is 15.8 Å². The van der Waals surface area contributed by atoms with Gasteiger partial charge in [0.25, 0.3) is 10.0 Å². The van der Waals surface area contributed by atoms with Gasteiger partial charge in [-0.2, -0.15) is 4.98 Å². The molecule has 1 fully saturated rings. The lowest BCUT2D eigenvalue weighted by molar-refractivity contribution is 0.142. The van der Waals surface area contributed by atoms with Gasteiger partial charge >= 0.3 is 5.69 Å². The molecule has 178 valence electrons. The Balaban J connectivity index is 1.72. The summed E-state index contributed by atoms with van der Waals surface area (Å²) in [6, 6.07) is 6.57. The highest BCUT2D eigenvalue weighted by molar-refractivity contribution is 8.01. The summed E-state index contributed by atoms with van der Waals surface area (Å²) in [5.74, 6) is 0.0729. The number of fused-ring (bicyclic) bond motifs is 1. The van der Waals surface area contributed by atoms with Gasteiger partial charge in [0.15, 0.2) is 5.82 Å². The number of sulfonamides is 1. The lowest BCUT2D eigenvalue weighted by Gasteiger charge is -2.23. The summed E-state index contributed by atoms with van der Waals surface area (Å²) in [6.07, 6.45) is 5.23. The summed E-state index contributed by atoms with van der Waals surface area (Å²) >= 11 is 3.26. The van der Waals surface area contributed by atoms with E-state index < -0.39 is 15.7 Å². The lowest BCUT2D eigenvalue weighted by Crippen LogP contribution is -2.18. The topological polar surface area (TPSA) is 101 Å². The average molecular weight is 508 g/mol. The number of nitrogens with one attached hydrogen (secondary N) is 1. The van der Waals surface area contributed by atoms with Crippen molar-refractivity contribution in [3.05, 3.63) is 50.9 Å². The van der Waals surface area contributed by atoms with Gasteiger partial charge in [-0.25, -0.2) is 13.2 Å². The Hall–Kier alpha value is -1.88. The van der Waals surface area contributed by atoms with Gasteiger partial charge in [0.1, 0.15) is 5.69 Å². The fraction of sp³-hybridized carbons (Fsp3) is 0.478. The molecule has 7 nitrogen and oxygen atoms in total. The molecule has 0 bridgehead atoms. The van der Waals surface area contributed by atoms with Crippen molar-refractivity contribution in [2.45, 2.75) is 79.8 Å². The first-order chi connectivity index (χ1) is 15.7. The molecular weight excluding hydrogens is 478 g/mol. The van der Waals surface area contributed by atoms with E-state index in [9.17, 15) is 18.3 Å². The zero-order valence-corrected chi connectivity index (χ0v) is 21.4. The van der Waals surface area contributed by atoms with Crippen molar-refractivity contribution in [1.29, 1.82) is 0 Å². The van der Waals surface area contributed by atoms with Crippen LogP contribution in [0.15, 0.2) is 38.2 Å². The monoisotopic (exact) mass is 507 g/mol. The van der Waals surface area contributed by atoms with Crippen LogP contribution in [0.3, 0.4) is 0 Å². The Morgan fingerprint density at radius 3 is 2.36 bits per heavy atom. The fourth-order valence-corrected chi connectivity index (χ4v) is 8.05. The lowest BCUT2D eigenvalue weighted by atomic mass is 9.98. The van der Waals surface area contributed by atoms with E-state index >= 15 is 0 Å². The smallest absolute Gasteiger partial charge is 0.354 e. The number of rotatable bonds is 5. The molecule has 0 atom stereocenters. The molecule has 2 aliphatic heterocycles. The van der Waals surface area contributed by atoms with Crippen LogP contribution in [-0.4, -0.2) is 34.4 Å². The second kappa shape index (κ2) is 9.77. The molecule has 0 saturated heterocycles. The zero-order chi connectivity index (χ0) is 23.8. The van der Waals surface area contributed by atoms with Crippen molar-refractivity contribution < 1.29 is 13.5 Å². The number of aromatic nitrogens is 2. The Morgan fingerprint density at radius 2 is 1.73 bits per heavy atom. The molecule has 4 rings (SSSR count). The van der Waals surface area contributed by atoms with Crippen LogP contribution in [0, 0.1) is 20.8 Å². The third kappa shape index (κ3) is 5.29. The highest BCUT2D eigenvalue weighted by Crippen LogP contribution is 2.42. The van der Waals surface area contributed by atoms with Crippen LogP contribution in [0.2, 0.25) is 0 Å². The van der Waals surface area contributed by atoms with Crippen LogP contribution in [0.5, 0.6) is 0 Å². The number of imidazole rings is 1. The summed E-state index contributed by atoms with van der Waals surface area (Å²) in [4.78, 5) is 18.0. The first-order valence-electron chi connectivity index (χ1n) is 11.1. The summed E-state index contributed by atoms with van der Waals surface area (Å²) in [7, 11) is -3.89. The van der Waals surface area contributed by atoms with Gasteiger partial charge in [-0.1, -0.05) is 17.7 Å². The quantitative estimate of drug-likeness (QED) is 0.522. The minimum Gasteiger partial charge on any atom is -0.393 e. The van der Waals surface area contributed by atoms with Crippen molar-refractivity contribution in [2.24, 2.45) is 0 Å². The maximum atomic E-state index is 13.0. The van der Waals surface area contributed by atoms with Crippen LogP contribution >= 0.6 is 23.1 Å². The second-order valence-corrected chi connectivity index (χ2v) is 13.1. The number of thioether (sulfide) groups is 1. The molecule has 2 heterocycles. The molecule has 0 radical (unpaired) electrons. The molecule has 33 heavy (non-hydrogen) atoms. The Bertz CT molecular complexity index is 1260. The highest BCUT2D eigenvalue weighted by atomic mass is 32.2. The number of anilines is 1. The van der Waals surface area contributed by atoms with Crippen LogP contribution in [0.4, 0.5) is 5.82 Å². The molecule has 0 spiro atoms. The van der Waals surface area contributed by atoms with E-state index in [1.165, 1.54) is 4.57 Å². The Kier molecular flexibility index (Phi) is 7.18. The fourth-order valence-electron chi connectivity index (χ4n) is 4.09. The van der Waals surface area contributed by atoms with Gasteiger partial charge in [-0.3, -0.25) is 9.29 Å². The van der Waals surface area contributed by atoms with Gasteiger partial charge in [-0.05, 0) is 71.4 Å². The van der Waals surface area contributed by atoms with E-state index in [-0.39, 0.29) is 16.8 Å². The third-order valence-corrected chi connectivity index (χ3v) is 10.2. The number of benzene rings is 1. The van der Waals surface area contributed by atoms with Crippen LogP contribution in [0.25, 0.3) is 5.69 Å². The van der Waals surface area contributed by atoms with Crippen LogP contribution < -0.4 is 10.4 Å². The Labute approximate surface area is 202 Å². The first-order valence-corrected chi connectivity index (χ1v) is 14.3. The minimum atomic E-state index is -3.89.